The summed E-state index contributed by atoms with van der Waals surface area (Å²) in [5.74, 6) is 0.965. The summed E-state index contributed by atoms with van der Waals surface area (Å²) in [6, 6.07) is 13.2. The predicted octanol–water partition coefficient (Wildman–Crippen LogP) is 4.89. The van der Waals surface area contributed by atoms with Gasteiger partial charge >= 0.3 is 0 Å². The molecule has 0 atom stereocenters. The average molecular weight is 437 g/mol. The van der Waals surface area contributed by atoms with E-state index in [0.29, 0.717) is 35.2 Å². The number of β-amino-alcohol motifs (C(OH)–C–C–N with tert-alkyl or cyclic N) is 1. The minimum atomic E-state index is -0.421. The van der Waals surface area contributed by atoms with Gasteiger partial charge in [0.05, 0.1) is 21.8 Å². The molecule has 1 aromatic carbocycles. The van der Waals surface area contributed by atoms with Crippen molar-refractivity contribution in [2.24, 2.45) is 0 Å². The van der Waals surface area contributed by atoms with Gasteiger partial charge in [-0.2, -0.15) is 0 Å². The predicted molar refractivity (Wildman–Crippen MR) is 112 cm³/mol. The van der Waals surface area contributed by atoms with Gasteiger partial charge < -0.3 is 14.7 Å². The topological polar surface area (TPSA) is 61.3 Å². The third kappa shape index (κ3) is 4.17. The van der Waals surface area contributed by atoms with Crippen LogP contribution in [0.1, 0.15) is 0 Å². The second-order valence-electron chi connectivity index (χ2n) is 6.25. The van der Waals surface area contributed by atoms with E-state index in [-0.39, 0.29) is 11.1 Å². The molecule has 0 aliphatic carbocycles. The van der Waals surface area contributed by atoms with Crippen molar-refractivity contribution in [2.75, 3.05) is 22.7 Å². The summed E-state index contributed by atoms with van der Waals surface area (Å²) in [6.07, 6.45) is -0.286. The van der Waals surface area contributed by atoms with Gasteiger partial charge in [0.25, 0.3) is 0 Å². The molecule has 2 N–H and O–H groups in total. The van der Waals surface area contributed by atoms with E-state index in [0.717, 1.165) is 10.8 Å². The van der Waals surface area contributed by atoms with E-state index in [1.165, 1.54) is 24.1 Å². The minimum absolute atomic E-state index is 0.241. The highest BCUT2D eigenvalue weighted by atomic mass is 35.5. The zero-order chi connectivity index (χ0) is 19.7. The molecule has 0 bridgehead atoms. The molecule has 0 radical (unpaired) electrons. The highest BCUT2D eigenvalue weighted by Gasteiger charge is 2.25. The molecule has 0 amide bonds. The maximum atomic E-state index is 13.3. The van der Waals surface area contributed by atoms with E-state index in [2.05, 4.69) is 14.7 Å². The van der Waals surface area contributed by atoms with Gasteiger partial charge in [-0.3, -0.25) is 0 Å². The van der Waals surface area contributed by atoms with Crippen LogP contribution < -0.4 is 9.62 Å². The van der Waals surface area contributed by atoms with Gasteiger partial charge in [-0.1, -0.05) is 29.3 Å². The van der Waals surface area contributed by atoms with Gasteiger partial charge in [-0.05, 0) is 42.5 Å². The van der Waals surface area contributed by atoms with Gasteiger partial charge in [0.2, 0.25) is 0 Å². The van der Waals surface area contributed by atoms with Crippen molar-refractivity contribution in [1.29, 1.82) is 0 Å². The fourth-order valence-corrected chi connectivity index (χ4v) is 3.83. The largest absolute Gasteiger partial charge is 0.389 e. The quantitative estimate of drug-likeness (QED) is 0.555. The van der Waals surface area contributed by atoms with E-state index < -0.39 is 5.82 Å². The molecule has 9 heteroatoms. The SMILES string of the molecule is OC1CN(c2cccc(SNc3ccc(Cl)c(-c4ccc(F)cc4Cl)n3)n2)C1. The summed E-state index contributed by atoms with van der Waals surface area (Å²) in [7, 11) is 0. The number of aliphatic hydroxyl groups is 1. The number of nitrogens with zero attached hydrogens (tertiary/aromatic N) is 3. The molecule has 4 rings (SSSR count). The van der Waals surface area contributed by atoms with E-state index in [9.17, 15) is 9.50 Å². The Hall–Kier alpha value is -2.06. The van der Waals surface area contributed by atoms with E-state index >= 15 is 0 Å². The summed E-state index contributed by atoms with van der Waals surface area (Å²) in [5, 5.41) is 10.9. The van der Waals surface area contributed by atoms with Crippen LogP contribution >= 0.6 is 35.1 Å². The number of hydrogen-bond donors (Lipinski definition) is 2. The molecule has 5 nitrogen and oxygen atoms in total. The van der Waals surface area contributed by atoms with Crippen LogP contribution in [0.25, 0.3) is 11.3 Å². The molecule has 0 spiro atoms. The molecule has 144 valence electrons. The fourth-order valence-electron chi connectivity index (χ4n) is 2.75. The highest BCUT2D eigenvalue weighted by molar-refractivity contribution is 8.00. The molecule has 1 saturated heterocycles. The van der Waals surface area contributed by atoms with Gasteiger partial charge in [0.15, 0.2) is 0 Å². The Balaban J connectivity index is 1.51. The summed E-state index contributed by atoms with van der Waals surface area (Å²) in [5.41, 5.74) is 1.02. The van der Waals surface area contributed by atoms with Crippen LogP contribution in [-0.2, 0) is 0 Å². The molecule has 1 fully saturated rings. The lowest BCUT2D eigenvalue weighted by atomic mass is 10.1. The van der Waals surface area contributed by atoms with Crippen LogP contribution in [0.2, 0.25) is 10.0 Å². The van der Waals surface area contributed by atoms with E-state index in [1.54, 1.807) is 18.2 Å². The molecule has 28 heavy (non-hydrogen) atoms. The van der Waals surface area contributed by atoms with Crippen molar-refractivity contribution < 1.29 is 9.50 Å². The lowest BCUT2D eigenvalue weighted by Crippen LogP contribution is -2.51. The summed E-state index contributed by atoms with van der Waals surface area (Å²) in [6.45, 7) is 1.18. The Labute approximate surface area is 175 Å². The molecule has 0 unspecified atom stereocenters. The molecule has 1 aliphatic heterocycles. The Morgan fingerprint density at radius 1 is 1.07 bits per heavy atom. The van der Waals surface area contributed by atoms with Crippen molar-refractivity contribution in [2.45, 2.75) is 11.1 Å². The number of pyridine rings is 2. The van der Waals surface area contributed by atoms with Crippen molar-refractivity contribution >= 4 is 46.8 Å². The lowest BCUT2D eigenvalue weighted by molar-refractivity contribution is 0.141. The summed E-state index contributed by atoms with van der Waals surface area (Å²) in [4.78, 5) is 11.1. The standard InChI is InChI=1S/C19H15Cl2FN4OS/c20-14-6-7-16(23-19(14)13-5-4-11(22)8-15(13)21)25-28-18-3-1-2-17(24-18)26-9-12(27)10-26/h1-8,12,27H,9-10H2,(H,23,25). The molecule has 2 aromatic heterocycles. The number of benzene rings is 1. The van der Waals surface area contributed by atoms with Crippen LogP contribution in [0.3, 0.4) is 0 Å². The van der Waals surface area contributed by atoms with Crippen LogP contribution in [-0.4, -0.2) is 34.3 Å². The van der Waals surface area contributed by atoms with Crippen LogP contribution in [0.4, 0.5) is 16.0 Å². The maximum Gasteiger partial charge on any atom is 0.136 e. The zero-order valence-corrected chi connectivity index (χ0v) is 16.8. The summed E-state index contributed by atoms with van der Waals surface area (Å²) >= 11 is 13.7. The van der Waals surface area contributed by atoms with E-state index in [4.69, 9.17) is 23.2 Å². The van der Waals surface area contributed by atoms with Crippen LogP contribution in [0.15, 0.2) is 53.6 Å². The van der Waals surface area contributed by atoms with Crippen molar-refractivity contribution in [3.63, 3.8) is 0 Å². The lowest BCUT2D eigenvalue weighted by Gasteiger charge is -2.36. The number of anilines is 2. The number of aliphatic hydroxyl groups excluding tert-OH is 1. The van der Waals surface area contributed by atoms with Gasteiger partial charge in [-0.25, -0.2) is 14.4 Å². The molecular weight excluding hydrogens is 422 g/mol. The first-order valence-corrected chi connectivity index (χ1v) is 10.0. The van der Waals surface area contributed by atoms with Crippen molar-refractivity contribution in [1.82, 2.24) is 9.97 Å². The Morgan fingerprint density at radius 3 is 2.64 bits per heavy atom. The maximum absolute atomic E-state index is 13.3. The smallest absolute Gasteiger partial charge is 0.136 e. The normalized spacial score (nSPS) is 14.1. The number of rotatable bonds is 5. The second-order valence-corrected chi connectivity index (χ2v) is 7.89. The molecule has 3 heterocycles. The Morgan fingerprint density at radius 2 is 1.89 bits per heavy atom. The van der Waals surface area contributed by atoms with Crippen molar-refractivity contribution in [3.8, 4) is 11.3 Å². The number of hydrogen-bond acceptors (Lipinski definition) is 6. The third-order valence-electron chi connectivity index (χ3n) is 4.19. The van der Waals surface area contributed by atoms with Gasteiger partial charge in [0.1, 0.15) is 22.5 Å². The number of halogens is 3. The molecule has 1 aliphatic rings. The molecule has 3 aromatic rings. The van der Waals surface area contributed by atoms with Crippen LogP contribution in [0, 0.1) is 5.82 Å². The Bertz CT molecular complexity index is 1020. The first kappa shape index (κ1) is 19.3. The summed E-state index contributed by atoms with van der Waals surface area (Å²) < 4.78 is 16.5. The highest BCUT2D eigenvalue weighted by Crippen LogP contribution is 2.34. The molecule has 0 saturated carbocycles. The van der Waals surface area contributed by atoms with Crippen molar-refractivity contribution in [3.05, 3.63) is 64.4 Å². The first-order chi connectivity index (χ1) is 13.5. The van der Waals surface area contributed by atoms with Gasteiger partial charge in [0, 0.05) is 30.6 Å². The van der Waals surface area contributed by atoms with Crippen LogP contribution in [0.5, 0.6) is 0 Å². The minimum Gasteiger partial charge on any atom is -0.389 e. The Kier molecular flexibility index (Phi) is 5.59. The number of nitrogens with one attached hydrogen (secondary N) is 1. The number of aromatic nitrogens is 2. The van der Waals surface area contributed by atoms with Gasteiger partial charge in [-0.15, -0.1) is 0 Å². The third-order valence-corrected chi connectivity index (χ3v) is 5.55. The second kappa shape index (κ2) is 8.13. The monoisotopic (exact) mass is 436 g/mol. The molecular formula is C19H15Cl2FN4OS. The fraction of sp³-hybridized carbons (Fsp3) is 0.158. The average Bonchev–Trinajstić information content (AvgIpc) is 2.65. The van der Waals surface area contributed by atoms with E-state index in [1.807, 2.05) is 23.1 Å². The first-order valence-electron chi connectivity index (χ1n) is 8.44. The zero-order valence-electron chi connectivity index (χ0n) is 14.4.